The number of hydrogen-bond donors (Lipinski definition) is 1. The molecule has 0 radical (unpaired) electrons. The zero-order chi connectivity index (χ0) is 16.7. The highest BCUT2D eigenvalue weighted by atomic mass is 15.3. The first kappa shape index (κ1) is 15.4. The average Bonchev–Trinajstić information content (AvgIpc) is 2.59. The molecule has 122 valence electrons. The van der Waals surface area contributed by atoms with E-state index in [0.717, 1.165) is 17.6 Å². The van der Waals surface area contributed by atoms with Crippen LogP contribution in [-0.2, 0) is 13.1 Å². The van der Waals surface area contributed by atoms with Gasteiger partial charge in [0.05, 0.1) is 26.6 Å². The van der Waals surface area contributed by atoms with E-state index >= 15 is 0 Å². The Bertz CT molecular complexity index is 895. The molecule has 2 nitrogen and oxygen atoms in total. The maximum Gasteiger partial charge on any atom is 0.104 e. The molecule has 0 saturated heterocycles. The quantitative estimate of drug-likeness (QED) is 0.710. The van der Waals surface area contributed by atoms with Crippen LogP contribution in [0.15, 0.2) is 60.7 Å². The van der Waals surface area contributed by atoms with E-state index in [-0.39, 0.29) is 0 Å². The number of quaternary nitrogens is 1. The second-order valence-electron chi connectivity index (χ2n) is 7.67. The lowest BCUT2D eigenvalue weighted by Crippen LogP contribution is -2.46. The number of fused-ring (bicyclic) bond motifs is 2. The number of hydrogen-bond acceptors (Lipinski definition) is 1. The molecule has 0 fully saturated rings. The summed E-state index contributed by atoms with van der Waals surface area (Å²) in [6, 6.07) is 22.3. The van der Waals surface area contributed by atoms with Gasteiger partial charge < -0.3 is 10.2 Å². The first-order valence-electron chi connectivity index (χ1n) is 8.68. The van der Waals surface area contributed by atoms with Gasteiger partial charge in [-0.05, 0) is 33.5 Å². The number of nitrogens with two attached hydrogens (primary N) is 1. The number of benzene rings is 3. The van der Waals surface area contributed by atoms with Crippen molar-refractivity contribution in [2.45, 2.75) is 19.0 Å². The van der Waals surface area contributed by atoms with Crippen molar-refractivity contribution >= 4 is 10.8 Å². The van der Waals surface area contributed by atoms with E-state index in [2.05, 4.69) is 74.8 Å². The van der Waals surface area contributed by atoms with Gasteiger partial charge in [0, 0.05) is 12.1 Å². The fraction of sp³-hybridized carbons (Fsp3) is 0.273. The summed E-state index contributed by atoms with van der Waals surface area (Å²) in [5.41, 5.74) is 11.4. The van der Waals surface area contributed by atoms with E-state index in [1.54, 1.807) is 0 Å². The predicted octanol–water partition coefficient (Wildman–Crippen LogP) is 4.02. The molecule has 1 aliphatic heterocycles. The van der Waals surface area contributed by atoms with Crippen LogP contribution < -0.4 is 5.73 Å². The normalized spacial score (nSPS) is 19.2. The first-order valence-corrected chi connectivity index (χ1v) is 8.68. The van der Waals surface area contributed by atoms with E-state index < -0.39 is 0 Å². The van der Waals surface area contributed by atoms with Crippen LogP contribution in [0, 0.1) is 0 Å². The van der Waals surface area contributed by atoms with Crippen LogP contribution in [0.3, 0.4) is 0 Å². The maximum absolute atomic E-state index is 5.85. The van der Waals surface area contributed by atoms with Crippen molar-refractivity contribution in [1.29, 1.82) is 0 Å². The Hall–Kier alpha value is -2.16. The van der Waals surface area contributed by atoms with Crippen molar-refractivity contribution in [3.05, 3.63) is 82.9 Å². The molecule has 3 aromatic carbocycles. The Labute approximate surface area is 144 Å². The van der Waals surface area contributed by atoms with Gasteiger partial charge >= 0.3 is 0 Å². The molecule has 0 aliphatic carbocycles. The van der Waals surface area contributed by atoms with E-state index in [1.807, 2.05) is 0 Å². The summed E-state index contributed by atoms with van der Waals surface area (Å²) in [7, 11) is 4.65. The van der Waals surface area contributed by atoms with E-state index in [0.29, 0.717) is 12.5 Å². The summed E-state index contributed by atoms with van der Waals surface area (Å²) in [4.78, 5) is 0. The highest BCUT2D eigenvalue weighted by molar-refractivity contribution is 5.83. The largest absolute Gasteiger partial charge is 0.326 e. The molecule has 1 unspecified atom stereocenters. The summed E-state index contributed by atoms with van der Waals surface area (Å²) in [5.74, 6) is 0.445. The molecule has 1 aliphatic rings. The fourth-order valence-corrected chi connectivity index (χ4v) is 4.09. The van der Waals surface area contributed by atoms with E-state index in [9.17, 15) is 0 Å². The average molecular weight is 317 g/mol. The van der Waals surface area contributed by atoms with Crippen LogP contribution in [0.25, 0.3) is 10.8 Å². The van der Waals surface area contributed by atoms with Crippen LogP contribution in [0.2, 0.25) is 0 Å². The minimum atomic E-state index is 0.445. The third-order valence-corrected chi connectivity index (χ3v) is 5.27. The van der Waals surface area contributed by atoms with Crippen LogP contribution in [0.5, 0.6) is 0 Å². The summed E-state index contributed by atoms with van der Waals surface area (Å²) in [6.07, 6.45) is 0. The number of nitrogens with zero attached hydrogens (tertiary/aromatic N) is 1. The third kappa shape index (κ3) is 2.72. The van der Waals surface area contributed by atoms with E-state index in [1.165, 1.54) is 33.0 Å². The van der Waals surface area contributed by atoms with Crippen LogP contribution in [0.4, 0.5) is 0 Å². The standard InChI is InChI=1S/C22H25N2/c1-24(2)14-20-11-16(13-23)7-10-21(20)22(15-24)19-9-8-17-5-3-4-6-18(17)12-19/h3-12,22H,13-15,23H2,1-2H3/q+1. The van der Waals surface area contributed by atoms with Crippen molar-refractivity contribution in [3.63, 3.8) is 0 Å². The molecule has 2 heteroatoms. The smallest absolute Gasteiger partial charge is 0.104 e. The Morgan fingerprint density at radius 1 is 0.958 bits per heavy atom. The van der Waals surface area contributed by atoms with Gasteiger partial charge in [0.1, 0.15) is 6.54 Å². The maximum atomic E-state index is 5.85. The molecule has 3 aromatic rings. The zero-order valence-electron chi connectivity index (χ0n) is 14.5. The van der Waals surface area contributed by atoms with Crippen molar-refractivity contribution in [1.82, 2.24) is 0 Å². The topological polar surface area (TPSA) is 26.0 Å². The SMILES string of the molecule is C[N+]1(C)Cc2cc(CN)ccc2C(c2ccc3ccccc3c2)C1. The molecule has 0 amide bonds. The number of likely N-dealkylation sites (N-methyl/N-ethyl adjacent to an activating group) is 1. The lowest BCUT2D eigenvalue weighted by atomic mass is 9.82. The molecule has 0 aromatic heterocycles. The molecule has 0 spiro atoms. The van der Waals surface area contributed by atoms with Crippen molar-refractivity contribution in [3.8, 4) is 0 Å². The molecule has 0 saturated carbocycles. The molecule has 0 bridgehead atoms. The number of rotatable bonds is 2. The highest BCUT2D eigenvalue weighted by Crippen LogP contribution is 2.37. The minimum absolute atomic E-state index is 0.445. The lowest BCUT2D eigenvalue weighted by molar-refractivity contribution is -0.906. The summed E-state index contributed by atoms with van der Waals surface area (Å²) < 4.78 is 1.01. The Balaban J connectivity index is 1.84. The van der Waals surface area contributed by atoms with Gasteiger partial charge in [0.15, 0.2) is 0 Å². The molecular weight excluding hydrogens is 292 g/mol. The Morgan fingerprint density at radius 3 is 2.54 bits per heavy atom. The molecule has 1 heterocycles. The highest BCUT2D eigenvalue weighted by Gasteiger charge is 2.33. The Morgan fingerprint density at radius 2 is 1.75 bits per heavy atom. The predicted molar refractivity (Wildman–Crippen MR) is 101 cm³/mol. The molecule has 1 atom stereocenters. The second kappa shape index (κ2) is 5.73. The lowest BCUT2D eigenvalue weighted by Gasteiger charge is -2.40. The minimum Gasteiger partial charge on any atom is -0.326 e. The zero-order valence-corrected chi connectivity index (χ0v) is 14.5. The van der Waals surface area contributed by atoms with Gasteiger partial charge in [-0.15, -0.1) is 0 Å². The van der Waals surface area contributed by atoms with Crippen molar-refractivity contribution < 1.29 is 4.48 Å². The van der Waals surface area contributed by atoms with Crippen LogP contribution >= 0.6 is 0 Å². The van der Waals surface area contributed by atoms with Gasteiger partial charge in [0.2, 0.25) is 0 Å². The fourth-order valence-electron chi connectivity index (χ4n) is 4.09. The summed E-state index contributed by atoms with van der Waals surface area (Å²) in [5, 5.41) is 2.63. The van der Waals surface area contributed by atoms with Gasteiger partial charge in [-0.2, -0.15) is 0 Å². The summed E-state index contributed by atoms with van der Waals surface area (Å²) >= 11 is 0. The van der Waals surface area contributed by atoms with Crippen LogP contribution in [-0.4, -0.2) is 25.1 Å². The van der Waals surface area contributed by atoms with Gasteiger partial charge in [-0.25, -0.2) is 0 Å². The van der Waals surface area contributed by atoms with Gasteiger partial charge in [-0.3, -0.25) is 0 Å². The summed E-state index contributed by atoms with van der Waals surface area (Å²) in [6.45, 7) is 2.82. The monoisotopic (exact) mass is 317 g/mol. The van der Waals surface area contributed by atoms with Crippen molar-refractivity contribution in [2.24, 2.45) is 5.73 Å². The molecule has 2 N–H and O–H groups in total. The van der Waals surface area contributed by atoms with Crippen LogP contribution in [0.1, 0.15) is 28.2 Å². The molecule has 4 rings (SSSR count). The van der Waals surface area contributed by atoms with E-state index in [4.69, 9.17) is 5.73 Å². The molecule has 24 heavy (non-hydrogen) atoms. The Kier molecular flexibility index (Phi) is 3.67. The first-order chi connectivity index (χ1) is 11.6. The molecular formula is C22H25N2+. The van der Waals surface area contributed by atoms with Crippen molar-refractivity contribution in [2.75, 3.05) is 20.6 Å². The third-order valence-electron chi connectivity index (χ3n) is 5.27. The van der Waals surface area contributed by atoms with Gasteiger partial charge in [-0.1, -0.05) is 54.6 Å². The second-order valence-corrected chi connectivity index (χ2v) is 7.67. The van der Waals surface area contributed by atoms with Gasteiger partial charge in [0.25, 0.3) is 0 Å².